The van der Waals surface area contributed by atoms with Gasteiger partial charge in [0.25, 0.3) is 0 Å². The Labute approximate surface area is 122 Å². The number of ether oxygens (including phenoxy) is 1. The van der Waals surface area contributed by atoms with Crippen molar-refractivity contribution < 1.29 is 13.9 Å². The summed E-state index contributed by atoms with van der Waals surface area (Å²) in [6, 6.07) is 4.48. The fourth-order valence-electron chi connectivity index (χ4n) is 2.71. The van der Waals surface area contributed by atoms with E-state index in [0.29, 0.717) is 30.3 Å². The lowest BCUT2D eigenvalue weighted by Crippen LogP contribution is -2.14. The molecule has 112 valence electrons. The van der Waals surface area contributed by atoms with Crippen LogP contribution in [0.25, 0.3) is 10.9 Å². The number of benzene rings is 1. The molecule has 0 bridgehead atoms. The fraction of sp³-hybridized carbons (Fsp3) is 0.500. The molecule has 1 aliphatic heterocycles. The van der Waals surface area contributed by atoms with E-state index in [1.54, 1.807) is 10.7 Å². The number of carbonyl (C=O) groups is 1. The first-order valence-electron chi connectivity index (χ1n) is 7.34. The van der Waals surface area contributed by atoms with E-state index < -0.39 is 0 Å². The van der Waals surface area contributed by atoms with Gasteiger partial charge in [-0.05, 0) is 24.6 Å². The van der Waals surface area contributed by atoms with Crippen LogP contribution < -0.4 is 0 Å². The number of aromatic nitrogens is 2. The van der Waals surface area contributed by atoms with Crippen LogP contribution >= 0.6 is 0 Å². The highest BCUT2D eigenvalue weighted by atomic mass is 19.1. The Morgan fingerprint density at radius 1 is 1.52 bits per heavy atom. The smallest absolute Gasteiger partial charge is 0.186 e. The van der Waals surface area contributed by atoms with E-state index in [9.17, 15) is 9.18 Å². The minimum absolute atomic E-state index is 0.00645. The van der Waals surface area contributed by atoms with Crippen molar-refractivity contribution in [3.63, 3.8) is 0 Å². The number of fused-ring (bicyclic) bond motifs is 1. The topological polar surface area (TPSA) is 44.1 Å². The van der Waals surface area contributed by atoms with Crippen molar-refractivity contribution in [2.45, 2.75) is 26.8 Å². The van der Waals surface area contributed by atoms with E-state index >= 15 is 0 Å². The van der Waals surface area contributed by atoms with Crippen molar-refractivity contribution in [3.05, 3.63) is 29.7 Å². The molecule has 1 saturated heterocycles. The van der Waals surface area contributed by atoms with Gasteiger partial charge in [0.05, 0.1) is 12.1 Å². The SMILES string of the molecule is CC(C)C(=O)c1nn(CC2CCOC2)c2cc(F)ccc12. The van der Waals surface area contributed by atoms with Gasteiger partial charge < -0.3 is 4.74 Å². The summed E-state index contributed by atoms with van der Waals surface area (Å²) >= 11 is 0. The van der Waals surface area contributed by atoms with E-state index in [-0.39, 0.29) is 17.5 Å². The molecule has 2 heterocycles. The zero-order valence-corrected chi connectivity index (χ0v) is 12.3. The first kappa shape index (κ1) is 14.2. The molecule has 0 radical (unpaired) electrons. The van der Waals surface area contributed by atoms with Crippen LogP contribution in [0.4, 0.5) is 4.39 Å². The Morgan fingerprint density at radius 2 is 2.33 bits per heavy atom. The van der Waals surface area contributed by atoms with Crippen LogP contribution in [-0.2, 0) is 11.3 Å². The molecule has 1 aromatic heterocycles. The third kappa shape index (κ3) is 2.70. The maximum absolute atomic E-state index is 13.5. The summed E-state index contributed by atoms with van der Waals surface area (Å²) < 4.78 is 20.7. The number of carbonyl (C=O) groups excluding carboxylic acids is 1. The number of Topliss-reactive ketones (excluding diaryl/α,β-unsaturated/α-hetero) is 1. The van der Waals surface area contributed by atoms with E-state index in [4.69, 9.17) is 4.74 Å². The summed E-state index contributed by atoms with van der Waals surface area (Å²) in [6.07, 6.45) is 0.976. The Bertz CT molecular complexity index is 672. The highest BCUT2D eigenvalue weighted by Crippen LogP contribution is 2.24. The second kappa shape index (κ2) is 5.56. The first-order chi connectivity index (χ1) is 10.1. The molecule has 21 heavy (non-hydrogen) atoms. The standard InChI is InChI=1S/C16H19FN2O2/c1-10(2)16(20)15-13-4-3-12(17)7-14(13)19(18-15)8-11-5-6-21-9-11/h3-4,7,10-11H,5-6,8-9H2,1-2H3. The highest BCUT2D eigenvalue weighted by molar-refractivity contribution is 6.06. The van der Waals surface area contributed by atoms with Gasteiger partial charge in [-0.25, -0.2) is 4.39 Å². The molecule has 2 aromatic rings. The summed E-state index contributed by atoms with van der Waals surface area (Å²) in [4.78, 5) is 12.3. The molecule has 1 unspecified atom stereocenters. The number of rotatable bonds is 4. The van der Waals surface area contributed by atoms with Crippen LogP contribution in [0, 0.1) is 17.7 Å². The lowest BCUT2D eigenvalue weighted by atomic mass is 10.0. The summed E-state index contributed by atoms with van der Waals surface area (Å²) in [5, 5.41) is 5.19. The number of hydrogen-bond donors (Lipinski definition) is 0. The first-order valence-corrected chi connectivity index (χ1v) is 7.34. The molecule has 0 saturated carbocycles. The largest absolute Gasteiger partial charge is 0.381 e. The molecular formula is C16H19FN2O2. The number of nitrogens with zero attached hydrogens (tertiary/aromatic N) is 2. The van der Waals surface area contributed by atoms with E-state index in [1.165, 1.54) is 12.1 Å². The summed E-state index contributed by atoms with van der Waals surface area (Å²) in [6.45, 7) is 5.81. The van der Waals surface area contributed by atoms with E-state index in [1.807, 2.05) is 13.8 Å². The van der Waals surface area contributed by atoms with Crippen LogP contribution in [-0.4, -0.2) is 28.8 Å². The molecule has 4 nitrogen and oxygen atoms in total. The van der Waals surface area contributed by atoms with Crippen molar-refractivity contribution in [3.8, 4) is 0 Å². The molecule has 0 aliphatic carbocycles. The third-order valence-electron chi connectivity index (χ3n) is 3.93. The zero-order valence-electron chi connectivity index (χ0n) is 12.3. The minimum atomic E-state index is -0.310. The number of ketones is 1. The Kier molecular flexibility index (Phi) is 3.76. The quantitative estimate of drug-likeness (QED) is 0.813. The average molecular weight is 290 g/mol. The third-order valence-corrected chi connectivity index (χ3v) is 3.93. The van der Waals surface area contributed by atoms with Gasteiger partial charge in [0, 0.05) is 30.4 Å². The molecule has 0 N–H and O–H groups in total. The van der Waals surface area contributed by atoms with Crippen molar-refractivity contribution in [2.75, 3.05) is 13.2 Å². The van der Waals surface area contributed by atoms with Gasteiger partial charge in [0.2, 0.25) is 0 Å². The average Bonchev–Trinajstić information content (AvgIpc) is 3.07. The van der Waals surface area contributed by atoms with E-state index in [2.05, 4.69) is 5.10 Å². The summed E-state index contributed by atoms with van der Waals surface area (Å²) in [5.74, 6) is -0.0716. The summed E-state index contributed by atoms with van der Waals surface area (Å²) in [5.41, 5.74) is 1.13. The van der Waals surface area contributed by atoms with Crippen LogP contribution in [0.1, 0.15) is 30.8 Å². The Morgan fingerprint density at radius 3 is 3.00 bits per heavy atom. The molecule has 3 rings (SSSR count). The van der Waals surface area contributed by atoms with Crippen molar-refractivity contribution in [1.82, 2.24) is 9.78 Å². The molecule has 1 atom stereocenters. The minimum Gasteiger partial charge on any atom is -0.381 e. The molecule has 1 aliphatic rings. The number of hydrogen-bond acceptors (Lipinski definition) is 3. The molecule has 5 heteroatoms. The van der Waals surface area contributed by atoms with Gasteiger partial charge in [-0.1, -0.05) is 13.8 Å². The lowest BCUT2D eigenvalue weighted by molar-refractivity contribution is 0.0935. The second-order valence-electron chi connectivity index (χ2n) is 5.94. The lowest BCUT2D eigenvalue weighted by Gasteiger charge is -2.08. The predicted octanol–water partition coefficient (Wildman–Crippen LogP) is 3.05. The maximum Gasteiger partial charge on any atom is 0.186 e. The predicted molar refractivity (Wildman–Crippen MR) is 77.8 cm³/mol. The highest BCUT2D eigenvalue weighted by Gasteiger charge is 2.23. The van der Waals surface area contributed by atoms with Gasteiger partial charge in [-0.2, -0.15) is 5.10 Å². The zero-order chi connectivity index (χ0) is 15.0. The van der Waals surface area contributed by atoms with Gasteiger partial charge in [-0.15, -0.1) is 0 Å². The van der Waals surface area contributed by atoms with Gasteiger partial charge in [0.15, 0.2) is 5.78 Å². The molecule has 0 spiro atoms. The van der Waals surface area contributed by atoms with Crippen molar-refractivity contribution in [2.24, 2.45) is 11.8 Å². The Balaban J connectivity index is 2.05. The van der Waals surface area contributed by atoms with Gasteiger partial charge in [0.1, 0.15) is 11.5 Å². The van der Waals surface area contributed by atoms with Crippen LogP contribution in [0.2, 0.25) is 0 Å². The summed E-state index contributed by atoms with van der Waals surface area (Å²) in [7, 11) is 0. The van der Waals surface area contributed by atoms with Gasteiger partial charge >= 0.3 is 0 Å². The number of halogens is 1. The molecule has 1 aromatic carbocycles. The normalized spacial score (nSPS) is 18.8. The second-order valence-corrected chi connectivity index (χ2v) is 5.94. The molecule has 0 amide bonds. The van der Waals surface area contributed by atoms with Crippen LogP contribution in [0.5, 0.6) is 0 Å². The molecular weight excluding hydrogens is 271 g/mol. The maximum atomic E-state index is 13.5. The van der Waals surface area contributed by atoms with Gasteiger partial charge in [-0.3, -0.25) is 9.48 Å². The monoisotopic (exact) mass is 290 g/mol. The van der Waals surface area contributed by atoms with Crippen molar-refractivity contribution in [1.29, 1.82) is 0 Å². The van der Waals surface area contributed by atoms with Crippen molar-refractivity contribution >= 4 is 16.7 Å². The van der Waals surface area contributed by atoms with Crippen LogP contribution in [0.15, 0.2) is 18.2 Å². The fourth-order valence-corrected chi connectivity index (χ4v) is 2.71. The van der Waals surface area contributed by atoms with E-state index in [0.717, 1.165) is 18.4 Å². The van der Waals surface area contributed by atoms with Crippen LogP contribution in [0.3, 0.4) is 0 Å². The molecule has 1 fully saturated rings. The Hall–Kier alpha value is -1.75.